The lowest BCUT2D eigenvalue weighted by Gasteiger charge is -2.43. The van der Waals surface area contributed by atoms with E-state index in [1.807, 2.05) is 54.3 Å². The summed E-state index contributed by atoms with van der Waals surface area (Å²) in [6.07, 6.45) is 0.626. The number of hydrogen-bond acceptors (Lipinski definition) is 6. The fourth-order valence-corrected chi connectivity index (χ4v) is 6.57. The molecule has 1 amide bonds. The Labute approximate surface area is 183 Å². The Bertz CT molecular complexity index is 1070. The second kappa shape index (κ2) is 8.51. The molecule has 2 unspecified atom stereocenters. The van der Waals surface area contributed by atoms with Crippen LogP contribution in [0.3, 0.4) is 0 Å². The van der Waals surface area contributed by atoms with E-state index in [0.29, 0.717) is 13.0 Å². The predicted octanol–water partition coefficient (Wildman–Crippen LogP) is 2.07. The van der Waals surface area contributed by atoms with E-state index in [1.165, 1.54) is 0 Å². The number of rotatable bonds is 6. The van der Waals surface area contributed by atoms with E-state index in [4.69, 9.17) is 9.47 Å². The molecule has 2 aliphatic rings. The quantitative estimate of drug-likeness (QED) is 0.679. The maximum Gasteiger partial charge on any atom is 0.241 e. The highest BCUT2D eigenvalue weighted by molar-refractivity contribution is 7.91. The fraction of sp³-hybridized carbons (Fsp3) is 0.435. The first-order chi connectivity index (χ1) is 14.8. The maximum atomic E-state index is 13.1. The zero-order valence-electron chi connectivity index (χ0n) is 18.1. The number of anilines is 1. The number of carbonyl (C=O) groups excluding carboxylic acids is 1. The van der Waals surface area contributed by atoms with Crippen molar-refractivity contribution in [2.45, 2.75) is 25.4 Å². The van der Waals surface area contributed by atoms with Gasteiger partial charge >= 0.3 is 0 Å². The van der Waals surface area contributed by atoms with E-state index in [-0.39, 0.29) is 36.0 Å². The first kappa shape index (κ1) is 21.6. The maximum absolute atomic E-state index is 13.1. The summed E-state index contributed by atoms with van der Waals surface area (Å²) in [4.78, 5) is 16.8. The first-order valence-electron chi connectivity index (χ1n) is 10.4. The van der Waals surface area contributed by atoms with Gasteiger partial charge in [-0.05, 0) is 49.2 Å². The Hall–Kier alpha value is -2.58. The monoisotopic (exact) mass is 444 g/mol. The van der Waals surface area contributed by atoms with Gasteiger partial charge in [0, 0.05) is 18.3 Å². The van der Waals surface area contributed by atoms with Gasteiger partial charge in [-0.15, -0.1) is 0 Å². The molecule has 2 heterocycles. The number of piperazine rings is 1. The average Bonchev–Trinajstić information content (AvgIpc) is 3.07. The number of nitrogens with zero attached hydrogens (tertiary/aromatic N) is 2. The second-order valence-electron chi connectivity index (χ2n) is 8.21. The molecule has 2 aliphatic heterocycles. The van der Waals surface area contributed by atoms with Crippen molar-refractivity contribution in [1.29, 1.82) is 0 Å². The Kier molecular flexibility index (Phi) is 5.94. The third-order valence-electron chi connectivity index (χ3n) is 6.17. The van der Waals surface area contributed by atoms with Crippen LogP contribution in [-0.2, 0) is 21.1 Å². The first-order valence-corrected chi connectivity index (χ1v) is 12.2. The van der Waals surface area contributed by atoms with E-state index in [1.54, 1.807) is 19.1 Å². The fourth-order valence-electron chi connectivity index (χ4n) is 4.59. The van der Waals surface area contributed by atoms with Gasteiger partial charge in [0.05, 0.1) is 38.3 Å². The molecule has 4 rings (SSSR count). The summed E-state index contributed by atoms with van der Waals surface area (Å²) in [6.45, 7) is 2.74. The minimum Gasteiger partial charge on any atom is -0.497 e. The number of sulfone groups is 1. The Balaban J connectivity index is 1.58. The summed E-state index contributed by atoms with van der Waals surface area (Å²) in [5, 5.41) is 0. The molecule has 2 atom stereocenters. The van der Waals surface area contributed by atoms with Gasteiger partial charge in [-0.3, -0.25) is 9.69 Å². The number of carbonyl (C=O) groups is 1. The minimum atomic E-state index is -3.22. The smallest absolute Gasteiger partial charge is 0.241 e. The number of amides is 1. The van der Waals surface area contributed by atoms with E-state index >= 15 is 0 Å². The zero-order valence-corrected chi connectivity index (χ0v) is 18.9. The third kappa shape index (κ3) is 4.41. The molecule has 166 valence electrons. The molecule has 0 aliphatic carbocycles. The molecule has 0 N–H and O–H groups in total. The van der Waals surface area contributed by atoms with Gasteiger partial charge in [-0.25, -0.2) is 8.42 Å². The molecule has 0 spiro atoms. The minimum absolute atomic E-state index is 0.00371. The van der Waals surface area contributed by atoms with E-state index < -0.39 is 9.84 Å². The predicted molar refractivity (Wildman–Crippen MR) is 120 cm³/mol. The van der Waals surface area contributed by atoms with Crippen molar-refractivity contribution in [1.82, 2.24) is 4.90 Å². The molecule has 8 heteroatoms. The standard InChI is InChI=1S/C23H28N2O5S/c1-16-4-6-18(7-5-16)25-21-15-31(27,28)14-20(21)24(13-23(25)26)11-10-17-12-19(29-2)8-9-22(17)30-3/h4-9,12,20-21H,10-11,13-15H2,1-3H3. The van der Waals surface area contributed by atoms with Gasteiger partial charge in [-0.2, -0.15) is 0 Å². The van der Waals surface area contributed by atoms with Crippen LogP contribution >= 0.6 is 0 Å². The Morgan fingerprint density at radius 2 is 1.71 bits per heavy atom. The number of fused-ring (bicyclic) bond motifs is 1. The molecule has 7 nitrogen and oxygen atoms in total. The highest BCUT2D eigenvalue weighted by Gasteiger charge is 2.49. The van der Waals surface area contributed by atoms with Crippen LogP contribution in [-0.4, -0.2) is 70.1 Å². The summed E-state index contributed by atoms with van der Waals surface area (Å²) in [6, 6.07) is 12.7. The van der Waals surface area contributed by atoms with Crippen molar-refractivity contribution in [3.8, 4) is 11.5 Å². The molecule has 0 bridgehead atoms. The van der Waals surface area contributed by atoms with Crippen molar-refractivity contribution in [3.05, 3.63) is 53.6 Å². The normalized spacial score (nSPS) is 22.9. The van der Waals surface area contributed by atoms with Crippen LogP contribution < -0.4 is 14.4 Å². The highest BCUT2D eigenvalue weighted by Crippen LogP contribution is 2.32. The van der Waals surface area contributed by atoms with E-state index in [2.05, 4.69) is 0 Å². The van der Waals surface area contributed by atoms with Gasteiger partial charge in [0.1, 0.15) is 11.5 Å². The molecule has 31 heavy (non-hydrogen) atoms. The number of benzene rings is 2. The molecule has 0 radical (unpaired) electrons. The van der Waals surface area contributed by atoms with Crippen LogP contribution in [0.25, 0.3) is 0 Å². The lowest BCUT2D eigenvalue weighted by Crippen LogP contribution is -2.62. The molecule has 0 saturated carbocycles. The van der Waals surface area contributed by atoms with Crippen molar-refractivity contribution in [2.24, 2.45) is 0 Å². The Morgan fingerprint density at radius 1 is 1.00 bits per heavy atom. The van der Waals surface area contributed by atoms with Crippen LogP contribution in [0.4, 0.5) is 5.69 Å². The number of hydrogen-bond donors (Lipinski definition) is 0. The van der Waals surface area contributed by atoms with Crippen LogP contribution in [0.5, 0.6) is 11.5 Å². The van der Waals surface area contributed by atoms with Crippen LogP contribution in [0.2, 0.25) is 0 Å². The van der Waals surface area contributed by atoms with Crippen LogP contribution in [0.15, 0.2) is 42.5 Å². The largest absolute Gasteiger partial charge is 0.497 e. The molecule has 2 saturated heterocycles. The van der Waals surface area contributed by atoms with Gasteiger partial charge in [-0.1, -0.05) is 17.7 Å². The second-order valence-corrected chi connectivity index (χ2v) is 10.4. The average molecular weight is 445 g/mol. The molecular weight excluding hydrogens is 416 g/mol. The number of aryl methyl sites for hydroxylation is 1. The zero-order chi connectivity index (χ0) is 22.2. The lowest BCUT2D eigenvalue weighted by atomic mass is 10.0. The van der Waals surface area contributed by atoms with Crippen LogP contribution in [0, 0.1) is 6.92 Å². The van der Waals surface area contributed by atoms with Crippen molar-refractivity contribution >= 4 is 21.4 Å². The molecular formula is C23H28N2O5S. The van der Waals surface area contributed by atoms with Gasteiger partial charge in [0.15, 0.2) is 9.84 Å². The third-order valence-corrected chi connectivity index (χ3v) is 7.87. The van der Waals surface area contributed by atoms with Gasteiger partial charge in [0.2, 0.25) is 5.91 Å². The van der Waals surface area contributed by atoms with Crippen LogP contribution in [0.1, 0.15) is 11.1 Å². The summed E-state index contributed by atoms with van der Waals surface area (Å²) in [7, 11) is 0.0125. The van der Waals surface area contributed by atoms with Crippen molar-refractivity contribution in [3.63, 3.8) is 0 Å². The lowest BCUT2D eigenvalue weighted by molar-refractivity contribution is -0.123. The van der Waals surface area contributed by atoms with E-state index in [9.17, 15) is 13.2 Å². The number of ether oxygens (including phenoxy) is 2. The summed E-state index contributed by atoms with van der Waals surface area (Å²) < 4.78 is 35.9. The molecule has 2 aromatic rings. The number of methoxy groups -OCH3 is 2. The van der Waals surface area contributed by atoms with Crippen molar-refractivity contribution in [2.75, 3.05) is 43.7 Å². The molecule has 2 aromatic carbocycles. The summed E-state index contributed by atoms with van der Waals surface area (Å²) in [5.41, 5.74) is 2.82. The van der Waals surface area contributed by atoms with E-state index in [0.717, 1.165) is 28.3 Å². The van der Waals surface area contributed by atoms with Gasteiger partial charge in [0.25, 0.3) is 0 Å². The molecule has 2 fully saturated rings. The Morgan fingerprint density at radius 3 is 2.39 bits per heavy atom. The summed E-state index contributed by atoms with van der Waals surface area (Å²) in [5.74, 6) is 1.48. The topological polar surface area (TPSA) is 76.2 Å². The highest BCUT2D eigenvalue weighted by atomic mass is 32.2. The van der Waals surface area contributed by atoms with Gasteiger partial charge < -0.3 is 14.4 Å². The SMILES string of the molecule is COc1ccc(OC)c(CCN2CC(=O)N(c3ccc(C)cc3)C3CS(=O)(=O)CC32)c1. The summed E-state index contributed by atoms with van der Waals surface area (Å²) >= 11 is 0. The molecule has 0 aromatic heterocycles. The van der Waals surface area contributed by atoms with Crippen molar-refractivity contribution < 1.29 is 22.7 Å².